The van der Waals surface area contributed by atoms with Crippen LogP contribution >= 0.6 is 0 Å². The molecule has 0 aliphatic heterocycles. The molecule has 2 atom stereocenters. The molecule has 0 aromatic carbocycles. The van der Waals surface area contributed by atoms with Crippen molar-refractivity contribution in [2.45, 2.75) is 31.7 Å². The highest BCUT2D eigenvalue weighted by molar-refractivity contribution is 5.49. The summed E-state index contributed by atoms with van der Waals surface area (Å²) in [7, 11) is 0. The summed E-state index contributed by atoms with van der Waals surface area (Å²) >= 11 is 0. The molecular formula is C11H19N5O. The van der Waals surface area contributed by atoms with Crippen molar-refractivity contribution in [3.63, 3.8) is 0 Å². The predicted octanol–water partition coefficient (Wildman–Crippen LogP) is 0.604. The first-order valence-corrected chi connectivity index (χ1v) is 5.96. The molecule has 17 heavy (non-hydrogen) atoms. The summed E-state index contributed by atoms with van der Waals surface area (Å²) in [6, 6.07) is 1.90. The molecule has 0 saturated heterocycles. The molecule has 1 fully saturated rings. The fourth-order valence-electron chi connectivity index (χ4n) is 2.37. The van der Waals surface area contributed by atoms with Crippen LogP contribution in [0.2, 0.25) is 0 Å². The first-order chi connectivity index (χ1) is 8.19. The number of nitrogens with one attached hydrogen (secondary N) is 1. The lowest BCUT2D eigenvalue weighted by molar-refractivity contribution is 0.178. The van der Waals surface area contributed by atoms with Crippen LogP contribution in [0.1, 0.15) is 25.7 Å². The molecular weight excluding hydrogens is 218 g/mol. The van der Waals surface area contributed by atoms with Crippen molar-refractivity contribution in [3.8, 4) is 0 Å². The summed E-state index contributed by atoms with van der Waals surface area (Å²) in [4.78, 5) is 7.91. The second kappa shape index (κ2) is 5.18. The number of rotatable bonds is 3. The zero-order chi connectivity index (χ0) is 12.3. The summed E-state index contributed by atoms with van der Waals surface area (Å²) in [5.41, 5.74) is 11.2. The van der Waals surface area contributed by atoms with Crippen LogP contribution in [-0.2, 0) is 0 Å². The highest BCUT2D eigenvalue weighted by atomic mass is 16.3. The van der Waals surface area contributed by atoms with Crippen molar-refractivity contribution in [2.75, 3.05) is 23.4 Å². The predicted molar refractivity (Wildman–Crippen MR) is 67.3 cm³/mol. The smallest absolute Gasteiger partial charge is 0.223 e. The van der Waals surface area contributed by atoms with Gasteiger partial charge in [0.05, 0.1) is 0 Å². The highest BCUT2D eigenvalue weighted by Crippen LogP contribution is 2.26. The summed E-state index contributed by atoms with van der Waals surface area (Å²) in [6.45, 7) is 0.202. The quantitative estimate of drug-likeness (QED) is 0.613. The largest absolute Gasteiger partial charge is 0.396 e. The molecule has 1 aliphatic carbocycles. The molecule has 0 bridgehead atoms. The monoisotopic (exact) mass is 237 g/mol. The molecule has 1 aromatic heterocycles. The third kappa shape index (κ3) is 2.97. The van der Waals surface area contributed by atoms with Crippen LogP contribution in [0.4, 0.5) is 17.6 Å². The third-order valence-electron chi connectivity index (χ3n) is 3.24. The lowest BCUT2D eigenvalue weighted by Crippen LogP contribution is -2.34. The Morgan fingerprint density at radius 3 is 2.76 bits per heavy atom. The van der Waals surface area contributed by atoms with E-state index in [-0.39, 0.29) is 24.5 Å². The van der Waals surface area contributed by atoms with E-state index in [4.69, 9.17) is 11.5 Å². The van der Waals surface area contributed by atoms with Crippen LogP contribution in [0.15, 0.2) is 6.07 Å². The Bertz CT molecular complexity index is 364. The van der Waals surface area contributed by atoms with Gasteiger partial charge in [-0.25, -0.2) is 0 Å². The maximum absolute atomic E-state index is 9.33. The summed E-state index contributed by atoms with van der Waals surface area (Å²) in [6.07, 6.45) is 4.43. The van der Waals surface area contributed by atoms with Crippen LogP contribution in [0.5, 0.6) is 0 Å². The molecule has 1 saturated carbocycles. The summed E-state index contributed by atoms with van der Waals surface area (Å²) < 4.78 is 0. The topological polar surface area (TPSA) is 110 Å². The number of anilines is 3. The maximum atomic E-state index is 9.33. The van der Waals surface area contributed by atoms with Crippen molar-refractivity contribution in [3.05, 3.63) is 6.07 Å². The van der Waals surface area contributed by atoms with Crippen LogP contribution < -0.4 is 16.8 Å². The Kier molecular flexibility index (Phi) is 3.63. The van der Waals surface area contributed by atoms with Gasteiger partial charge in [-0.1, -0.05) is 12.8 Å². The van der Waals surface area contributed by atoms with E-state index < -0.39 is 0 Å². The SMILES string of the molecule is Nc1cc(NC2CCCCC2CO)nc(N)n1. The van der Waals surface area contributed by atoms with Gasteiger partial charge in [0.2, 0.25) is 5.95 Å². The van der Waals surface area contributed by atoms with Gasteiger partial charge in [-0.2, -0.15) is 9.97 Å². The number of nitrogens with two attached hydrogens (primary N) is 2. The minimum absolute atomic E-state index is 0.170. The number of nitrogens with zero attached hydrogens (tertiary/aromatic N) is 2. The van der Waals surface area contributed by atoms with Gasteiger partial charge in [0, 0.05) is 24.6 Å². The van der Waals surface area contributed by atoms with E-state index in [9.17, 15) is 5.11 Å². The fraction of sp³-hybridized carbons (Fsp3) is 0.636. The van der Waals surface area contributed by atoms with Crippen LogP contribution in [0.3, 0.4) is 0 Å². The highest BCUT2D eigenvalue weighted by Gasteiger charge is 2.24. The van der Waals surface area contributed by atoms with Crippen molar-refractivity contribution in [2.24, 2.45) is 5.92 Å². The summed E-state index contributed by atoms with van der Waals surface area (Å²) in [5.74, 6) is 1.45. The molecule has 2 unspecified atom stereocenters. The minimum Gasteiger partial charge on any atom is -0.396 e. The number of aliphatic hydroxyl groups is 1. The normalized spacial score (nSPS) is 24.5. The Labute approximate surface area is 100 Å². The van der Waals surface area contributed by atoms with E-state index in [0.717, 1.165) is 12.8 Å². The maximum Gasteiger partial charge on any atom is 0.223 e. The first-order valence-electron chi connectivity index (χ1n) is 5.96. The van der Waals surface area contributed by atoms with Crippen LogP contribution in [0, 0.1) is 5.92 Å². The van der Waals surface area contributed by atoms with E-state index in [0.29, 0.717) is 11.6 Å². The van der Waals surface area contributed by atoms with E-state index >= 15 is 0 Å². The zero-order valence-corrected chi connectivity index (χ0v) is 9.76. The lowest BCUT2D eigenvalue weighted by Gasteiger charge is -2.31. The molecule has 6 N–H and O–H groups in total. The minimum atomic E-state index is 0.170. The molecule has 0 amide bonds. The van der Waals surface area contributed by atoms with E-state index in [2.05, 4.69) is 15.3 Å². The molecule has 6 nitrogen and oxygen atoms in total. The standard InChI is InChI=1S/C11H19N5O/c12-9-5-10(16-11(13)15-9)14-8-4-2-1-3-7(8)6-17/h5,7-8,17H,1-4,6H2,(H5,12,13,14,15,16). The Morgan fingerprint density at radius 1 is 1.29 bits per heavy atom. The van der Waals surface area contributed by atoms with Crippen molar-refractivity contribution >= 4 is 17.6 Å². The van der Waals surface area contributed by atoms with Crippen LogP contribution in [0.25, 0.3) is 0 Å². The second-order valence-corrected chi connectivity index (χ2v) is 4.51. The molecule has 0 spiro atoms. The molecule has 94 valence electrons. The van der Waals surface area contributed by atoms with Gasteiger partial charge in [0.1, 0.15) is 11.6 Å². The average Bonchev–Trinajstić information content (AvgIpc) is 2.28. The molecule has 6 heteroatoms. The molecule has 1 aliphatic rings. The van der Waals surface area contributed by atoms with Gasteiger partial charge in [-0.05, 0) is 12.8 Å². The van der Waals surface area contributed by atoms with E-state index in [1.165, 1.54) is 12.8 Å². The van der Waals surface area contributed by atoms with Gasteiger partial charge in [-0.3, -0.25) is 0 Å². The van der Waals surface area contributed by atoms with E-state index in [1.807, 2.05) is 0 Å². The van der Waals surface area contributed by atoms with Crippen molar-refractivity contribution < 1.29 is 5.11 Å². The third-order valence-corrected chi connectivity index (χ3v) is 3.24. The van der Waals surface area contributed by atoms with Crippen LogP contribution in [-0.4, -0.2) is 27.7 Å². The van der Waals surface area contributed by atoms with Crippen molar-refractivity contribution in [1.82, 2.24) is 9.97 Å². The number of aromatic nitrogens is 2. The molecule has 0 radical (unpaired) electrons. The van der Waals surface area contributed by atoms with Gasteiger partial charge in [0.25, 0.3) is 0 Å². The zero-order valence-electron chi connectivity index (χ0n) is 9.76. The lowest BCUT2D eigenvalue weighted by atomic mass is 9.85. The molecule has 2 rings (SSSR count). The Morgan fingerprint density at radius 2 is 2.06 bits per heavy atom. The molecule has 1 heterocycles. The number of hydrogen-bond donors (Lipinski definition) is 4. The van der Waals surface area contributed by atoms with Crippen molar-refractivity contribution in [1.29, 1.82) is 0 Å². The van der Waals surface area contributed by atoms with E-state index in [1.54, 1.807) is 6.07 Å². The second-order valence-electron chi connectivity index (χ2n) is 4.51. The van der Waals surface area contributed by atoms with Gasteiger partial charge in [-0.15, -0.1) is 0 Å². The first kappa shape index (κ1) is 11.9. The number of hydrogen-bond acceptors (Lipinski definition) is 6. The van der Waals surface area contributed by atoms with Gasteiger partial charge < -0.3 is 21.9 Å². The number of nitrogen functional groups attached to an aromatic ring is 2. The Balaban J connectivity index is 2.08. The number of aliphatic hydroxyl groups excluding tert-OH is 1. The Hall–Kier alpha value is -1.56. The van der Waals surface area contributed by atoms with Gasteiger partial charge >= 0.3 is 0 Å². The molecule has 1 aromatic rings. The van der Waals surface area contributed by atoms with Gasteiger partial charge in [0.15, 0.2) is 0 Å². The average molecular weight is 237 g/mol. The summed E-state index contributed by atoms with van der Waals surface area (Å²) in [5, 5.41) is 12.6. The fourth-order valence-corrected chi connectivity index (χ4v) is 2.37.